The quantitative estimate of drug-likeness (QED) is 0.0195. The zero-order valence-electron chi connectivity index (χ0n) is 60.2. The van der Waals surface area contributed by atoms with Gasteiger partial charge < -0.3 is 33.3 Å². The third-order valence-corrected chi connectivity index (χ3v) is 16.8. The van der Waals surface area contributed by atoms with Crippen LogP contribution in [0.3, 0.4) is 0 Å². The molecule has 2 unspecified atom stereocenters. The number of carboxylic acid groups (broad SMARTS) is 1. The van der Waals surface area contributed by atoms with Crippen molar-refractivity contribution in [2.45, 2.75) is 360 Å². The minimum absolute atomic E-state index is 0.148. The summed E-state index contributed by atoms with van der Waals surface area (Å²) < 4.78 is 22.9. The van der Waals surface area contributed by atoms with Crippen LogP contribution in [-0.4, -0.2) is 82.3 Å². The van der Waals surface area contributed by atoms with E-state index in [-0.39, 0.29) is 32.2 Å². The molecular formula is C82H145NO8. The zero-order valence-corrected chi connectivity index (χ0v) is 60.2. The molecule has 0 rings (SSSR count). The molecule has 0 aliphatic carbocycles. The third-order valence-electron chi connectivity index (χ3n) is 16.8. The molecule has 0 aromatic carbocycles. The van der Waals surface area contributed by atoms with Gasteiger partial charge in [0.05, 0.1) is 40.3 Å². The fourth-order valence-corrected chi connectivity index (χ4v) is 11.1. The fourth-order valence-electron chi connectivity index (χ4n) is 11.1. The van der Waals surface area contributed by atoms with E-state index in [9.17, 15) is 19.5 Å². The highest BCUT2D eigenvalue weighted by molar-refractivity contribution is 5.70. The largest absolute Gasteiger partial charge is 0.545 e. The summed E-state index contributed by atoms with van der Waals surface area (Å²) in [6.07, 6.45) is 96.6. The molecule has 0 heterocycles. The van der Waals surface area contributed by atoms with Gasteiger partial charge in [-0.2, -0.15) is 0 Å². The van der Waals surface area contributed by atoms with Crippen molar-refractivity contribution >= 4 is 17.9 Å². The maximum atomic E-state index is 13.0. The Morgan fingerprint density at radius 2 is 0.593 bits per heavy atom. The van der Waals surface area contributed by atoms with Crippen LogP contribution in [-0.2, 0) is 33.3 Å². The second-order valence-corrected chi connectivity index (χ2v) is 26.9. The first kappa shape index (κ1) is 87.2. The Kier molecular flexibility index (Phi) is 69.0. The predicted octanol–water partition coefficient (Wildman–Crippen LogP) is 23.0. The van der Waals surface area contributed by atoms with E-state index in [1.165, 1.54) is 231 Å². The average Bonchev–Trinajstić information content (AvgIpc) is 3.46. The lowest BCUT2D eigenvalue weighted by Crippen LogP contribution is -2.44. The predicted molar refractivity (Wildman–Crippen MR) is 389 cm³/mol. The maximum absolute atomic E-state index is 13.0. The molecule has 9 nitrogen and oxygen atoms in total. The Hall–Kier alpha value is -3.79. The Morgan fingerprint density at radius 1 is 0.330 bits per heavy atom. The minimum Gasteiger partial charge on any atom is -0.545 e. The van der Waals surface area contributed by atoms with Crippen LogP contribution < -0.4 is 5.11 Å². The van der Waals surface area contributed by atoms with E-state index in [1.807, 2.05) is 21.1 Å². The smallest absolute Gasteiger partial charge is 0.306 e. The highest BCUT2D eigenvalue weighted by atomic mass is 16.7. The van der Waals surface area contributed by atoms with Gasteiger partial charge in [0.1, 0.15) is 13.2 Å². The van der Waals surface area contributed by atoms with Gasteiger partial charge in [-0.05, 0) is 89.9 Å². The molecule has 0 N–H and O–H groups in total. The summed E-state index contributed by atoms with van der Waals surface area (Å²) in [6, 6.07) is 0. The number of rotatable bonds is 71. The standard InChI is InChI=1S/C82H145NO8/c1-6-8-10-12-14-16-18-20-22-24-26-28-30-32-34-36-38-39-40-41-43-45-47-49-51-53-55-57-59-61-63-65-67-69-71-73-80(85)91-78(77-90-82(81(86)87)88-75-74-83(3,4)5)76-89-79(84)72-70-68-66-64-62-60-58-56-54-52-50-48-46-44-42-37-35-33-31-29-27-25-23-21-19-17-15-13-11-9-7-2/h8-11,14-17,20-23,26-29,78,82H,6-7,12-13,18-19,24-25,30-77H2,1-5H3/b10-8-,11-9-,16-14-,17-15-,22-20-,23-21-,28-26-,29-27-. The van der Waals surface area contributed by atoms with E-state index in [4.69, 9.17) is 18.9 Å². The molecule has 0 spiro atoms. The normalized spacial score (nSPS) is 13.2. The zero-order chi connectivity index (χ0) is 66.1. The second kappa shape index (κ2) is 72.0. The summed E-state index contributed by atoms with van der Waals surface area (Å²) >= 11 is 0. The lowest BCUT2D eigenvalue weighted by molar-refractivity contribution is -0.870. The van der Waals surface area contributed by atoms with E-state index in [0.29, 0.717) is 23.9 Å². The third kappa shape index (κ3) is 73.5. The topological polar surface area (TPSA) is 111 Å². The first-order valence-corrected chi connectivity index (χ1v) is 38.4. The lowest BCUT2D eigenvalue weighted by Gasteiger charge is -2.26. The molecule has 0 aromatic heterocycles. The SMILES string of the molecule is CC/C=C\C/C=C\C/C=C\C/C=C\CCCCCCCCCCCCCCCCCCCCCCCCC(=O)OC(COC(=O)CCCCCCCCCCCCCCCCCCCC/C=C\C/C=C\C/C=C\C/C=C\CC)COC(OCC[N+](C)(C)C)C(=O)[O-]. The molecule has 0 saturated carbocycles. The van der Waals surface area contributed by atoms with Gasteiger partial charge in [0.2, 0.25) is 0 Å². The molecule has 0 fully saturated rings. The molecule has 0 bridgehead atoms. The number of esters is 2. The molecule has 526 valence electrons. The lowest BCUT2D eigenvalue weighted by atomic mass is 10.0. The van der Waals surface area contributed by atoms with Crippen molar-refractivity contribution in [2.24, 2.45) is 0 Å². The van der Waals surface area contributed by atoms with Crippen LogP contribution in [0.1, 0.15) is 348 Å². The summed E-state index contributed by atoms with van der Waals surface area (Å²) in [7, 11) is 5.94. The van der Waals surface area contributed by atoms with Gasteiger partial charge in [0.25, 0.3) is 0 Å². The second-order valence-electron chi connectivity index (χ2n) is 26.9. The van der Waals surface area contributed by atoms with Crippen LogP contribution in [0.5, 0.6) is 0 Å². The minimum atomic E-state index is -1.62. The van der Waals surface area contributed by atoms with Gasteiger partial charge in [-0.1, -0.05) is 342 Å². The highest BCUT2D eigenvalue weighted by Crippen LogP contribution is 2.19. The molecule has 0 aliphatic heterocycles. The van der Waals surface area contributed by atoms with Crippen LogP contribution >= 0.6 is 0 Å². The van der Waals surface area contributed by atoms with Crippen LogP contribution in [0.25, 0.3) is 0 Å². The first-order valence-electron chi connectivity index (χ1n) is 38.4. The Morgan fingerprint density at radius 3 is 0.879 bits per heavy atom. The van der Waals surface area contributed by atoms with Crippen LogP contribution in [0.2, 0.25) is 0 Å². The number of carbonyl (C=O) groups is 3. The number of quaternary nitrogens is 1. The number of ether oxygens (including phenoxy) is 4. The number of unbranched alkanes of at least 4 members (excludes halogenated alkanes) is 40. The molecule has 0 radical (unpaired) electrons. The molecule has 91 heavy (non-hydrogen) atoms. The van der Waals surface area contributed by atoms with Gasteiger partial charge in [0, 0.05) is 12.8 Å². The fraction of sp³-hybridized carbons (Fsp3) is 0.768. The molecule has 0 aromatic rings. The van der Waals surface area contributed by atoms with Crippen LogP contribution in [0, 0.1) is 0 Å². The van der Waals surface area contributed by atoms with Gasteiger partial charge >= 0.3 is 11.9 Å². The van der Waals surface area contributed by atoms with Gasteiger partial charge in [-0.15, -0.1) is 0 Å². The number of hydrogen-bond acceptors (Lipinski definition) is 8. The van der Waals surface area contributed by atoms with Crippen molar-refractivity contribution in [1.82, 2.24) is 0 Å². The van der Waals surface area contributed by atoms with E-state index in [1.54, 1.807) is 0 Å². The van der Waals surface area contributed by atoms with Crippen molar-refractivity contribution in [1.29, 1.82) is 0 Å². The number of nitrogens with zero attached hydrogens (tertiary/aromatic N) is 1. The Bertz CT molecular complexity index is 1820. The highest BCUT2D eigenvalue weighted by Gasteiger charge is 2.22. The molecular weight excluding hydrogens is 1130 g/mol. The molecule has 0 aliphatic rings. The van der Waals surface area contributed by atoms with Crippen LogP contribution in [0.15, 0.2) is 97.2 Å². The van der Waals surface area contributed by atoms with E-state index in [0.717, 1.165) is 83.5 Å². The van der Waals surface area contributed by atoms with Gasteiger partial charge in [0.15, 0.2) is 12.4 Å². The summed E-state index contributed by atoms with van der Waals surface area (Å²) in [4.78, 5) is 37.6. The number of aliphatic carboxylic acids is 1. The summed E-state index contributed by atoms with van der Waals surface area (Å²) in [5.74, 6) is -2.26. The monoisotopic (exact) mass is 1270 g/mol. The summed E-state index contributed by atoms with van der Waals surface area (Å²) in [5, 5.41) is 11.9. The van der Waals surface area contributed by atoms with E-state index >= 15 is 0 Å². The Labute approximate surface area is 562 Å². The van der Waals surface area contributed by atoms with Crippen LogP contribution in [0.4, 0.5) is 0 Å². The molecule has 2 atom stereocenters. The molecule has 9 heteroatoms. The first-order chi connectivity index (χ1) is 44.6. The number of allylic oxidation sites excluding steroid dienone is 16. The van der Waals surface area contributed by atoms with Crippen molar-refractivity contribution in [3.05, 3.63) is 97.2 Å². The number of hydrogen-bond donors (Lipinski definition) is 0. The molecule has 0 amide bonds. The summed E-state index contributed by atoms with van der Waals surface area (Å²) in [6.45, 7) is 4.57. The average molecular weight is 1270 g/mol. The Balaban J connectivity index is 4.01. The number of likely N-dealkylation sites (N-methyl/N-ethyl adjacent to an activating group) is 1. The van der Waals surface area contributed by atoms with Crippen molar-refractivity contribution in [3.63, 3.8) is 0 Å². The van der Waals surface area contributed by atoms with E-state index < -0.39 is 24.3 Å². The van der Waals surface area contributed by atoms with Crippen molar-refractivity contribution < 1.29 is 42.9 Å². The molecule has 0 saturated heterocycles. The van der Waals surface area contributed by atoms with Crippen molar-refractivity contribution in [3.8, 4) is 0 Å². The maximum Gasteiger partial charge on any atom is 0.306 e. The van der Waals surface area contributed by atoms with Gasteiger partial charge in [-0.3, -0.25) is 9.59 Å². The summed E-state index contributed by atoms with van der Waals surface area (Å²) in [5.41, 5.74) is 0. The number of carbonyl (C=O) groups excluding carboxylic acids is 3. The van der Waals surface area contributed by atoms with Crippen molar-refractivity contribution in [2.75, 3.05) is 47.5 Å². The van der Waals surface area contributed by atoms with E-state index in [2.05, 4.69) is 111 Å². The number of carboxylic acids is 1. The van der Waals surface area contributed by atoms with Gasteiger partial charge in [-0.25, -0.2) is 0 Å².